The molecule has 1 aromatic heterocycles. The number of carbonyl (C=O) groups is 1. The number of carbonyl (C=O) groups excluding carboxylic acids is 1. The molecule has 0 spiro atoms. The van der Waals surface area contributed by atoms with Gasteiger partial charge in [0.05, 0.1) is 0 Å². The molecule has 2 aromatic rings. The number of nitrogens with zero attached hydrogens (tertiary/aromatic N) is 1. The summed E-state index contributed by atoms with van der Waals surface area (Å²) in [6.07, 6.45) is 0.831. The third kappa shape index (κ3) is 2.46. The summed E-state index contributed by atoms with van der Waals surface area (Å²) in [7, 11) is 0. The molecule has 0 fully saturated rings. The first-order valence-corrected chi connectivity index (χ1v) is 6.87. The Morgan fingerprint density at radius 3 is 2.55 bits per heavy atom. The van der Waals surface area contributed by atoms with Gasteiger partial charge in [0.1, 0.15) is 11.9 Å². The Morgan fingerprint density at radius 1 is 1.25 bits per heavy atom. The van der Waals surface area contributed by atoms with Crippen molar-refractivity contribution in [1.29, 1.82) is 0 Å². The molecule has 0 aliphatic rings. The van der Waals surface area contributed by atoms with Crippen LogP contribution in [0, 0.1) is 6.92 Å². The van der Waals surface area contributed by atoms with Crippen LogP contribution in [0.5, 0.6) is 0 Å². The third-order valence-electron chi connectivity index (χ3n) is 3.69. The molecule has 4 heteroatoms. The van der Waals surface area contributed by atoms with Crippen LogP contribution >= 0.6 is 0 Å². The van der Waals surface area contributed by atoms with Crippen LogP contribution in [0.2, 0.25) is 0 Å². The molecular weight excluding hydrogens is 254 g/mol. The highest BCUT2D eigenvalue weighted by Crippen LogP contribution is 2.25. The highest BCUT2D eigenvalue weighted by molar-refractivity contribution is 5.84. The largest absolute Gasteiger partial charge is 0.422 e. The van der Waals surface area contributed by atoms with Crippen molar-refractivity contribution in [3.63, 3.8) is 0 Å². The zero-order chi connectivity index (χ0) is 14.7. The topological polar surface area (TPSA) is 50.5 Å². The molecule has 1 aromatic carbocycles. The van der Waals surface area contributed by atoms with E-state index in [9.17, 15) is 9.59 Å². The maximum absolute atomic E-state index is 11.9. The number of fused-ring (bicyclic) bond motifs is 1. The lowest BCUT2D eigenvalue weighted by atomic mass is 10.0. The minimum atomic E-state index is -0.418. The van der Waals surface area contributed by atoms with Gasteiger partial charge in [-0.05, 0) is 38.5 Å². The van der Waals surface area contributed by atoms with E-state index in [2.05, 4.69) is 18.7 Å². The van der Waals surface area contributed by atoms with Gasteiger partial charge in [-0.25, -0.2) is 4.79 Å². The van der Waals surface area contributed by atoms with Gasteiger partial charge in [-0.1, -0.05) is 0 Å². The van der Waals surface area contributed by atoms with Crippen molar-refractivity contribution in [2.75, 3.05) is 18.0 Å². The number of benzene rings is 1. The lowest BCUT2D eigenvalue weighted by Crippen LogP contribution is -2.21. The van der Waals surface area contributed by atoms with Crippen LogP contribution in [0.15, 0.2) is 27.4 Å². The molecule has 0 saturated carbocycles. The molecule has 0 unspecified atom stereocenters. The normalized spacial score (nSPS) is 10.8. The van der Waals surface area contributed by atoms with Gasteiger partial charge in [-0.2, -0.15) is 0 Å². The standard InChI is InChI=1S/C16H19NO3/c1-4-17(5-2)12-6-7-13-11(3)14(8-9-18)16(19)20-15(13)10-12/h6-7,9-10H,4-5,8H2,1-3H3. The summed E-state index contributed by atoms with van der Waals surface area (Å²) in [6, 6.07) is 5.87. The smallest absolute Gasteiger partial charge is 0.340 e. The summed E-state index contributed by atoms with van der Waals surface area (Å²) < 4.78 is 5.36. The average molecular weight is 273 g/mol. The van der Waals surface area contributed by atoms with E-state index in [1.165, 1.54) is 0 Å². The molecule has 0 N–H and O–H groups in total. The number of hydrogen-bond donors (Lipinski definition) is 0. The van der Waals surface area contributed by atoms with E-state index in [4.69, 9.17) is 4.42 Å². The van der Waals surface area contributed by atoms with Crippen LogP contribution in [-0.4, -0.2) is 19.4 Å². The van der Waals surface area contributed by atoms with Crippen molar-refractivity contribution in [2.24, 2.45) is 0 Å². The van der Waals surface area contributed by atoms with Crippen molar-refractivity contribution in [1.82, 2.24) is 0 Å². The Kier molecular flexibility index (Phi) is 4.23. The highest BCUT2D eigenvalue weighted by atomic mass is 16.4. The minimum Gasteiger partial charge on any atom is -0.422 e. The molecule has 0 radical (unpaired) electrons. The summed E-state index contributed by atoms with van der Waals surface area (Å²) in [5.41, 5.74) is 2.47. The van der Waals surface area contributed by atoms with Crippen LogP contribution in [-0.2, 0) is 11.2 Å². The van der Waals surface area contributed by atoms with E-state index in [0.29, 0.717) is 11.1 Å². The Balaban J connectivity index is 2.63. The van der Waals surface area contributed by atoms with Crippen LogP contribution in [0.3, 0.4) is 0 Å². The Morgan fingerprint density at radius 2 is 1.95 bits per heavy atom. The molecule has 106 valence electrons. The summed E-state index contributed by atoms with van der Waals surface area (Å²) in [5, 5.41) is 0.886. The second kappa shape index (κ2) is 5.90. The first-order valence-electron chi connectivity index (χ1n) is 6.87. The maximum atomic E-state index is 11.9. The molecular formula is C16H19NO3. The second-order valence-corrected chi connectivity index (χ2v) is 4.72. The molecule has 4 nitrogen and oxygen atoms in total. The quantitative estimate of drug-likeness (QED) is 0.621. The number of rotatable bonds is 5. The summed E-state index contributed by atoms with van der Waals surface area (Å²) >= 11 is 0. The number of hydrogen-bond acceptors (Lipinski definition) is 4. The van der Waals surface area contributed by atoms with Crippen molar-refractivity contribution >= 4 is 22.9 Å². The Labute approximate surface area is 118 Å². The van der Waals surface area contributed by atoms with E-state index < -0.39 is 5.63 Å². The van der Waals surface area contributed by atoms with Crippen LogP contribution in [0.1, 0.15) is 25.0 Å². The average Bonchev–Trinajstić information content (AvgIpc) is 2.44. The summed E-state index contributed by atoms with van der Waals surface area (Å²) in [5.74, 6) is 0. The van der Waals surface area contributed by atoms with E-state index in [1.54, 1.807) is 0 Å². The van der Waals surface area contributed by atoms with Gasteiger partial charge in [0.15, 0.2) is 0 Å². The molecule has 0 aliphatic heterocycles. The van der Waals surface area contributed by atoms with Crippen LogP contribution in [0.25, 0.3) is 11.0 Å². The van der Waals surface area contributed by atoms with Crippen LogP contribution < -0.4 is 10.5 Å². The van der Waals surface area contributed by atoms with Gasteiger partial charge in [0.25, 0.3) is 0 Å². The zero-order valence-corrected chi connectivity index (χ0v) is 12.1. The number of anilines is 1. The van der Waals surface area contributed by atoms with E-state index >= 15 is 0 Å². The predicted octanol–water partition coefficient (Wildman–Crippen LogP) is 2.69. The van der Waals surface area contributed by atoms with Gasteiger partial charge in [-0.3, -0.25) is 0 Å². The first kappa shape index (κ1) is 14.3. The molecule has 2 rings (SSSR count). The predicted molar refractivity (Wildman–Crippen MR) is 80.6 cm³/mol. The maximum Gasteiger partial charge on any atom is 0.340 e. The molecule has 0 saturated heterocycles. The third-order valence-corrected chi connectivity index (χ3v) is 3.69. The van der Waals surface area contributed by atoms with E-state index in [-0.39, 0.29) is 6.42 Å². The zero-order valence-electron chi connectivity index (χ0n) is 12.1. The van der Waals surface area contributed by atoms with Gasteiger partial charge < -0.3 is 14.1 Å². The fraction of sp³-hybridized carbons (Fsp3) is 0.375. The van der Waals surface area contributed by atoms with Gasteiger partial charge in [-0.15, -0.1) is 0 Å². The molecule has 1 heterocycles. The second-order valence-electron chi connectivity index (χ2n) is 4.72. The van der Waals surface area contributed by atoms with Crippen molar-refractivity contribution in [2.45, 2.75) is 27.2 Å². The van der Waals surface area contributed by atoms with Gasteiger partial charge >= 0.3 is 5.63 Å². The molecule has 0 amide bonds. The fourth-order valence-electron chi connectivity index (χ4n) is 2.49. The first-order chi connectivity index (χ1) is 9.62. The van der Waals surface area contributed by atoms with E-state index in [0.717, 1.165) is 36.0 Å². The molecule has 20 heavy (non-hydrogen) atoms. The molecule has 0 aliphatic carbocycles. The lowest BCUT2D eigenvalue weighted by molar-refractivity contribution is -0.107. The Bertz CT molecular complexity index is 684. The van der Waals surface area contributed by atoms with E-state index in [1.807, 2.05) is 25.1 Å². The highest BCUT2D eigenvalue weighted by Gasteiger charge is 2.12. The lowest BCUT2D eigenvalue weighted by Gasteiger charge is -2.21. The van der Waals surface area contributed by atoms with Crippen molar-refractivity contribution < 1.29 is 9.21 Å². The van der Waals surface area contributed by atoms with Gasteiger partial charge in [0, 0.05) is 42.2 Å². The van der Waals surface area contributed by atoms with Crippen LogP contribution in [0.4, 0.5) is 5.69 Å². The molecule has 0 atom stereocenters. The SMILES string of the molecule is CCN(CC)c1ccc2c(C)c(CC=O)c(=O)oc2c1. The van der Waals surface area contributed by atoms with Crippen molar-refractivity contribution in [3.05, 3.63) is 39.7 Å². The Hall–Kier alpha value is -2.10. The van der Waals surface area contributed by atoms with Gasteiger partial charge in [0.2, 0.25) is 0 Å². The minimum absolute atomic E-state index is 0.0991. The fourth-order valence-corrected chi connectivity index (χ4v) is 2.49. The number of aldehydes is 1. The number of aryl methyl sites for hydroxylation is 1. The summed E-state index contributed by atoms with van der Waals surface area (Å²) in [6.45, 7) is 7.82. The van der Waals surface area contributed by atoms with Crippen molar-refractivity contribution in [3.8, 4) is 0 Å². The summed E-state index contributed by atoms with van der Waals surface area (Å²) in [4.78, 5) is 24.8. The molecule has 0 bridgehead atoms. The monoisotopic (exact) mass is 273 g/mol.